The number of hydrogen-bond donors (Lipinski definition) is 0. The van der Waals surface area contributed by atoms with Crippen LogP contribution in [0.25, 0.3) is 0 Å². The van der Waals surface area contributed by atoms with Crippen LogP contribution in [0.2, 0.25) is 0 Å². The molecule has 0 heterocycles. The lowest BCUT2D eigenvalue weighted by atomic mass is 10.0. The zero-order valence-corrected chi connectivity index (χ0v) is 24.2. The number of carbonyl (C=O) groups is 1. The van der Waals surface area contributed by atoms with E-state index in [4.69, 9.17) is 4.74 Å². The van der Waals surface area contributed by atoms with Crippen molar-refractivity contribution in [1.29, 1.82) is 0 Å². The highest BCUT2D eigenvalue weighted by Crippen LogP contribution is 2.22. The fraction of sp³-hybridized carbons (Fsp3) is 0.324. The van der Waals surface area contributed by atoms with Crippen molar-refractivity contribution in [2.24, 2.45) is 0 Å². The van der Waals surface area contributed by atoms with E-state index in [9.17, 15) is 4.79 Å². The molecule has 38 heavy (non-hydrogen) atoms. The third-order valence-corrected chi connectivity index (χ3v) is 6.04. The zero-order chi connectivity index (χ0) is 28.1. The summed E-state index contributed by atoms with van der Waals surface area (Å²) in [6.45, 7) is 16.8. The first-order chi connectivity index (χ1) is 18.1. The Kier molecular flexibility index (Phi) is 11.9. The van der Waals surface area contributed by atoms with Crippen molar-refractivity contribution in [2.45, 2.75) is 60.1 Å². The van der Waals surface area contributed by atoms with Gasteiger partial charge in [-0.15, -0.1) is 0 Å². The highest BCUT2D eigenvalue weighted by Gasteiger charge is 2.22. The van der Waals surface area contributed by atoms with E-state index in [1.54, 1.807) is 4.90 Å². The summed E-state index contributed by atoms with van der Waals surface area (Å²) in [5.41, 5.74) is 6.20. The average molecular weight is 513 g/mol. The number of anilines is 1. The van der Waals surface area contributed by atoms with Crippen LogP contribution in [0, 0.1) is 0 Å². The summed E-state index contributed by atoms with van der Waals surface area (Å²) in [7, 11) is 2.07. The first-order valence-electron chi connectivity index (χ1n) is 13.2. The highest BCUT2D eigenvalue weighted by atomic mass is 16.6. The zero-order valence-electron chi connectivity index (χ0n) is 24.2. The molecule has 0 N–H and O–H groups in total. The van der Waals surface area contributed by atoms with Gasteiger partial charge in [0, 0.05) is 31.5 Å². The van der Waals surface area contributed by atoms with Gasteiger partial charge in [0.1, 0.15) is 5.60 Å². The van der Waals surface area contributed by atoms with E-state index in [2.05, 4.69) is 67.9 Å². The molecule has 0 aromatic heterocycles. The summed E-state index contributed by atoms with van der Waals surface area (Å²) in [4.78, 5) is 16.9. The summed E-state index contributed by atoms with van der Waals surface area (Å²) >= 11 is 0. The van der Waals surface area contributed by atoms with E-state index in [1.807, 2.05) is 83.2 Å². The lowest BCUT2D eigenvalue weighted by molar-refractivity contribution is 0.0236. The van der Waals surface area contributed by atoms with Gasteiger partial charge >= 0.3 is 6.09 Å². The van der Waals surface area contributed by atoms with E-state index in [0.717, 1.165) is 34.5 Å². The van der Waals surface area contributed by atoms with Gasteiger partial charge < -0.3 is 14.5 Å². The molecule has 0 unspecified atom stereocenters. The van der Waals surface area contributed by atoms with Crippen LogP contribution in [-0.2, 0) is 17.7 Å². The molecule has 2 aromatic carbocycles. The molecule has 202 valence electrons. The molecule has 0 atom stereocenters. The van der Waals surface area contributed by atoms with Crippen LogP contribution in [0.1, 0.15) is 52.7 Å². The lowest BCUT2D eigenvalue weighted by Gasteiger charge is -2.27. The maximum Gasteiger partial charge on any atom is 0.410 e. The van der Waals surface area contributed by atoms with Gasteiger partial charge in [0.05, 0.1) is 0 Å². The first kappa shape index (κ1) is 30.4. The van der Waals surface area contributed by atoms with Gasteiger partial charge in [-0.3, -0.25) is 0 Å². The minimum Gasteiger partial charge on any atom is -0.444 e. The molecular weight excluding hydrogens is 468 g/mol. The standard InChI is InChI=1S/C34H44N2O2/c1-9-15-30(11-3)31(16-10-2)25-27(4)35(8)32-21-19-28(20-22-32)23-24-36(33(37)38-34(5,6)7)26-29-17-13-12-14-18-29/h9-22,25H,2,23-24,26H2,1,3-8H3/b15-9-,27-25+,30-11+,31-16+. The fourth-order valence-electron chi connectivity index (χ4n) is 3.93. The molecule has 0 saturated heterocycles. The smallest absolute Gasteiger partial charge is 0.410 e. The minimum absolute atomic E-state index is 0.291. The number of allylic oxidation sites excluding steroid dienone is 9. The molecule has 0 radical (unpaired) electrons. The molecule has 0 aliphatic rings. The number of nitrogens with zero attached hydrogens (tertiary/aromatic N) is 2. The quantitative estimate of drug-likeness (QED) is 0.282. The van der Waals surface area contributed by atoms with Crippen LogP contribution in [0.3, 0.4) is 0 Å². The van der Waals surface area contributed by atoms with Crippen molar-refractivity contribution >= 4 is 11.8 Å². The van der Waals surface area contributed by atoms with Crippen LogP contribution >= 0.6 is 0 Å². The lowest BCUT2D eigenvalue weighted by Crippen LogP contribution is -2.37. The summed E-state index contributed by atoms with van der Waals surface area (Å²) in [5, 5.41) is 0. The summed E-state index contributed by atoms with van der Waals surface area (Å²) < 4.78 is 5.68. The van der Waals surface area contributed by atoms with Gasteiger partial charge in [-0.05, 0) is 88.4 Å². The third kappa shape index (κ3) is 9.93. The van der Waals surface area contributed by atoms with E-state index in [1.165, 1.54) is 5.56 Å². The Balaban J connectivity index is 2.15. The summed E-state index contributed by atoms with van der Waals surface area (Å²) in [6.07, 6.45) is 12.7. The number of carbonyl (C=O) groups excluding carboxylic acids is 1. The van der Waals surface area contributed by atoms with E-state index < -0.39 is 5.60 Å². The van der Waals surface area contributed by atoms with E-state index >= 15 is 0 Å². The first-order valence-corrected chi connectivity index (χ1v) is 13.2. The maximum absolute atomic E-state index is 12.9. The normalized spacial score (nSPS) is 13.0. The van der Waals surface area contributed by atoms with Crippen molar-refractivity contribution in [1.82, 2.24) is 4.90 Å². The number of benzene rings is 2. The SMILES string of the molecule is C=C/C=C(\C=C(/C)N(C)c1ccc(CCN(Cc2ccccc2)C(=O)OC(C)(C)C)cc1)C(/C=C\C)=C/C. The molecule has 4 heteroatoms. The maximum atomic E-state index is 12.9. The Morgan fingerprint density at radius 2 is 1.63 bits per heavy atom. The molecule has 0 bridgehead atoms. The van der Waals surface area contributed by atoms with Crippen LogP contribution in [0.4, 0.5) is 10.5 Å². The molecule has 0 aliphatic carbocycles. The molecule has 4 nitrogen and oxygen atoms in total. The second-order valence-corrected chi connectivity index (χ2v) is 10.3. The Labute approximate surface area is 230 Å². The van der Waals surface area contributed by atoms with Crippen molar-refractivity contribution in [3.05, 3.63) is 126 Å². The van der Waals surface area contributed by atoms with Gasteiger partial charge in [-0.2, -0.15) is 0 Å². The van der Waals surface area contributed by atoms with Gasteiger partial charge in [-0.1, -0.05) is 79.4 Å². The molecule has 1 amide bonds. The Hall–Kier alpha value is -3.79. The largest absolute Gasteiger partial charge is 0.444 e. The van der Waals surface area contributed by atoms with E-state index in [0.29, 0.717) is 13.1 Å². The van der Waals surface area contributed by atoms with Gasteiger partial charge in [0.2, 0.25) is 0 Å². The molecule has 0 fully saturated rings. The predicted molar refractivity (Wildman–Crippen MR) is 162 cm³/mol. The van der Waals surface area contributed by atoms with E-state index in [-0.39, 0.29) is 6.09 Å². The van der Waals surface area contributed by atoms with Crippen molar-refractivity contribution in [3.8, 4) is 0 Å². The number of ether oxygens (including phenoxy) is 1. The van der Waals surface area contributed by atoms with Gasteiger partial charge in [0.15, 0.2) is 0 Å². The minimum atomic E-state index is -0.537. The molecule has 2 aromatic rings. The monoisotopic (exact) mass is 512 g/mol. The number of amides is 1. The van der Waals surface area contributed by atoms with Crippen LogP contribution < -0.4 is 4.90 Å². The molecule has 0 aliphatic heterocycles. The summed E-state index contributed by atoms with van der Waals surface area (Å²) in [6, 6.07) is 18.5. The van der Waals surface area contributed by atoms with Crippen LogP contribution in [0.15, 0.2) is 114 Å². The third-order valence-electron chi connectivity index (χ3n) is 6.04. The fourth-order valence-corrected chi connectivity index (χ4v) is 3.93. The Bertz CT molecular complexity index is 1160. The number of hydrogen-bond acceptors (Lipinski definition) is 3. The van der Waals surface area contributed by atoms with Gasteiger partial charge in [-0.25, -0.2) is 4.79 Å². The van der Waals surface area contributed by atoms with Crippen LogP contribution in [-0.4, -0.2) is 30.2 Å². The molecule has 0 spiro atoms. The Morgan fingerprint density at radius 3 is 2.18 bits per heavy atom. The summed E-state index contributed by atoms with van der Waals surface area (Å²) in [5.74, 6) is 0. The molecule has 2 rings (SSSR count). The van der Waals surface area contributed by atoms with Crippen molar-refractivity contribution in [3.63, 3.8) is 0 Å². The Morgan fingerprint density at radius 1 is 0.974 bits per heavy atom. The second-order valence-electron chi connectivity index (χ2n) is 10.3. The highest BCUT2D eigenvalue weighted by molar-refractivity contribution is 5.68. The molecular formula is C34H44N2O2. The average Bonchev–Trinajstić information content (AvgIpc) is 2.88. The van der Waals surface area contributed by atoms with Gasteiger partial charge in [0.25, 0.3) is 0 Å². The van der Waals surface area contributed by atoms with Crippen molar-refractivity contribution < 1.29 is 9.53 Å². The number of rotatable bonds is 11. The second kappa shape index (κ2) is 14.8. The molecule has 0 saturated carbocycles. The van der Waals surface area contributed by atoms with Crippen molar-refractivity contribution in [2.75, 3.05) is 18.5 Å². The predicted octanol–water partition coefficient (Wildman–Crippen LogP) is 8.64. The topological polar surface area (TPSA) is 32.8 Å². The van der Waals surface area contributed by atoms with Crippen LogP contribution in [0.5, 0.6) is 0 Å².